The standard InChI is InChI=1S/C21H25FN2O2/c1-20(2)11-21(10-17(23)18(20)25)8-9-24(12-21)19(26)15-7-6-14-13(15)4-3-5-16(14)22/h3-5,10,15H,6-9,11-12,23H2,1-2H3/t15?,21-/m1/s1. The minimum Gasteiger partial charge on any atom is -0.396 e. The molecule has 1 aliphatic heterocycles. The number of hydrogen-bond acceptors (Lipinski definition) is 3. The Bertz CT molecular complexity index is 829. The van der Waals surface area contributed by atoms with Crippen LogP contribution in [0.1, 0.15) is 50.2 Å². The van der Waals surface area contributed by atoms with Gasteiger partial charge in [-0.25, -0.2) is 4.39 Å². The van der Waals surface area contributed by atoms with Gasteiger partial charge in [-0.15, -0.1) is 0 Å². The first-order chi connectivity index (χ1) is 12.2. The van der Waals surface area contributed by atoms with Crippen LogP contribution in [0.2, 0.25) is 0 Å². The molecule has 138 valence electrons. The van der Waals surface area contributed by atoms with Crippen LogP contribution in [0.5, 0.6) is 0 Å². The summed E-state index contributed by atoms with van der Waals surface area (Å²) < 4.78 is 14.0. The zero-order valence-corrected chi connectivity index (χ0v) is 15.3. The van der Waals surface area contributed by atoms with Gasteiger partial charge in [0, 0.05) is 23.9 Å². The summed E-state index contributed by atoms with van der Waals surface area (Å²) in [7, 11) is 0. The number of amides is 1. The summed E-state index contributed by atoms with van der Waals surface area (Å²) >= 11 is 0. The Balaban J connectivity index is 1.57. The number of carbonyl (C=O) groups is 2. The van der Waals surface area contributed by atoms with Crippen molar-refractivity contribution >= 4 is 11.7 Å². The van der Waals surface area contributed by atoms with Crippen LogP contribution in [-0.4, -0.2) is 29.7 Å². The van der Waals surface area contributed by atoms with Crippen LogP contribution < -0.4 is 5.73 Å². The van der Waals surface area contributed by atoms with Crippen molar-refractivity contribution in [2.24, 2.45) is 16.6 Å². The first-order valence-electron chi connectivity index (χ1n) is 9.32. The highest BCUT2D eigenvalue weighted by atomic mass is 19.1. The lowest BCUT2D eigenvalue weighted by atomic mass is 9.65. The molecule has 1 heterocycles. The molecule has 5 heteroatoms. The van der Waals surface area contributed by atoms with Gasteiger partial charge in [-0.2, -0.15) is 0 Å². The predicted octanol–water partition coefficient (Wildman–Crippen LogP) is 2.92. The molecule has 4 nitrogen and oxygen atoms in total. The van der Waals surface area contributed by atoms with Crippen LogP contribution in [0, 0.1) is 16.6 Å². The second-order valence-corrected chi connectivity index (χ2v) is 8.76. The van der Waals surface area contributed by atoms with E-state index in [0.29, 0.717) is 43.6 Å². The highest BCUT2D eigenvalue weighted by Gasteiger charge is 2.49. The molecule has 1 unspecified atom stereocenters. The Hall–Kier alpha value is -2.17. The number of hydrogen-bond donors (Lipinski definition) is 1. The molecule has 4 rings (SSSR count). The topological polar surface area (TPSA) is 63.4 Å². The predicted molar refractivity (Wildman–Crippen MR) is 96.8 cm³/mol. The van der Waals surface area contributed by atoms with Gasteiger partial charge in [0.2, 0.25) is 5.91 Å². The van der Waals surface area contributed by atoms with Crippen LogP contribution in [0.4, 0.5) is 4.39 Å². The molecule has 1 spiro atoms. The molecule has 2 N–H and O–H groups in total. The number of nitrogens with two attached hydrogens (primary N) is 1. The van der Waals surface area contributed by atoms with E-state index >= 15 is 0 Å². The van der Waals surface area contributed by atoms with E-state index in [0.717, 1.165) is 12.0 Å². The SMILES string of the molecule is CC1(C)C[C@]2(C=C(N)C1=O)CCN(C(=O)C1CCc3c(F)cccc31)C2. The minimum absolute atomic E-state index is 0.00639. The smallest absolute Gasteiger partial charge is 0.230 e. The van der Waals surface area contributed by atoms with E-state index in [2.05, 4.69) is 0 Å². The van der Waals surface area contributed by atoms with Crippen molar-refractivity contribution in [1.29, 1.82) is 0 Å². The lowest BCUT2D eigenvalue weighted by molar-refractivity contribution is -0.132. The van der Waals surface area contributed by atoms with Gasteiger partial charge in [-0.05, 0) is 49.0 Å². The summed E-state index contributed by atoms with van der Waals surface area (Å²) in [5.41, 5.74) is 7.13. The van der Waals surface area contributed by atoms with Gasteiger partial charge in [0.25, 0.3) is 0 Å². The number of allylic oxidation sites excluding steroid dienone is 1. The summed E-state index contributed by atoms with van der Waals surface area (Å²) in [6, 6.07) is 5.02. The average molecular weight is 356 g/mol. The first-order valence-corrected chi connectivity index (χ1v) is 9.32. The van der Waals surface area contributed by atoms with Crippen LogP contribution in [0.25, 0.3) is 0 Å². The number of carbonyl (C=O) groups excluding carboxylic acids is 2. The number of rotatable bonds is 1. The van der Waals surface area contributed by atoms with Crippen molar-refractivity contribution in [2.75, 3.05) is 13.1 Å². The molecule has 0 aromatic heterocycles. The number of halogens is 1. The van der Waals surface area contributed by atoms with Crippen LogP contribution in [0.3, 0.4) is 0 Å². The summed E-state index contributed by atoms with van der Waals surface area (Å²) in [5.74, 6) is -0.393. The van der Waals surface area contributed by atoms with Crippen molar-refractivity contribution in [3.8, 4) is 0 Å². The molecule has 1 fully saturated rings. The Morgan fingerprint density at radius 2 is 2.12 bits per heavy atom. The van der Waals surface area contributed by atoms with E-state index < -0.39 is 5.41 Å². The molecular formula is C21H25FN2O2. The van der Waals surface area contributed by atoms with Gasteiger partial charge in [0.15, 0.2) is 5.78 Å². The maximum absolute atomic E-state index is 14.0. The van der Waals surface area contributed by atoms with Crippen molar-refractivity contribution in [1.82, 2.24) is 4.90 Å². The largest absolute Gasteiger partial charge is 0.396 e. The quantitative estimate of drug-likeness (QED) is 0.841. The third-order valence-corrected chi connectivity index (χ3v) is 6.34. The highest BCUT2D eigenvalue weighted by molar-refractivity contribution is 5.99. The second-order valence-electron chi connectivity index (χ2n) is 8.76. The Morgan fingerprint density at radius 3 is 2.85 bits per heavy atom. The zero-order chi connectivity index (χ0) is 18.7. The number of benzene rings is 1. The van der Waals surface area contributed by atoms with E-state index in [1.54, 1.807) is 6.07 Å². The average Bonchev–Trinajstić information content (AvgIpc) is 3.17. The Kier molecular flexibility index (Phi) is 3.76. The molecule has 1 saturated heterocycles. The molecule has 0 radical (unpaired) electrons. The molecule has 1 aromatic rings. The fraction of sp³-hybridized carbons (Fsp3) is 0.524. The van der Waals surface area contributed by atoms with Gasteiger partial charge >= 0.3 is 0 Å². The maximum atomic E-state index is 14.0. The summed E-state index contributed by atoms with van der Waals surface area (Å²) in [6.07, 6.45) is 4.69. The van der Waals surface area contributed by atoms with E-state index in [-0.39, 0.29) is 28.8 Å². The van der Waals surface area contributed by atoms with Crippen LogP contribution >= 0.6 is 0 Å². The highest BCUT2D eigenvalue weighted by Crippen LogP contribution is 2.48. The molecule has 0 saturated carbocycles. The Morgan fingerprint density at radius 1 is 1.35 bits per heavy atom. The van der Waals surface area contributed by atoms with Gasteiger partial charge in [-0.3, -0.25) is 9.59 Å². The fourth-order valence-corrected chi connectivity index (χ4v) is 5.23. The summed E-state index contributed by atoms with van der Waals surface area (Å²) in [6.45, 7) is 5.10. The lowest BCUT2D eigenvalue weighted by Crippen LogP contribution is -2.43. The maximum Gasteiger partial charge on any atom is 0.230 e. The molecule has 1 amide bonds. The molecule has 2 atom stereocenters. The number of likely N-dealkylation sites (tertiary alicyclic amines) is 1. The summed E-state index contributed by atoms with van der Waals surface area (Å²) in [4.78, 5) is 27.3. The monoisotopic (exact) mass is 356 g/mol. The third kappa shape index (κ3) is 2.56. The molecular weight excluding hydrogens is 331 g/mol. The number of nitrogens with zero attached hydrogens (tertiary/aromatic N) is 1. The summed E-state index contributed by atoms with van der Waals surface area (Å²) in [5, 5.41) is 0. The van der Waals surface area contributed by atoms with Gasteiger partial charge in [0.05, 0.1) is 11.6 Å². The number of Topliss-reactive ketones (excluding diaryl/α,β-unsaturated/α-hetero) is 1. The zero-order valence-electron chi connectivity index (χ0n) is 15.3. The van der Waals surface area contributed by atoms with Crippen LogP contribution in [-0.2, 0) is 16.0 Å². The molecule has 1 aromatic carbocycles. The van der Waals surface area contributed by atoms with Gasteiger partial charge in [-0.1, -0.05) is 26.0 Å². The van der Waals surface area contributed by atoms with Crippen molar-refractivity contribution in [2.45, 2.75) is 45.4 Å². The second kappa shape index (κ2) is 5.66. The molecule has 3 aliphatic rings. The third-order valence-electron chi connectivity index (χ3n) is 6.34. The first kappa shape index (κ1) is 17.3. The lowest BCUT2D eigenvalue weighted by Gasteiger charge is -2.39. The van der Waals surface area contributed by atoms with E-state index in [1.807, 2.05) is 30.9 Å². The fourth-order valence-electron chi connectivity index (χ4n) is 5.23. The van der Waals surface area contributed by atoms with E-state index in [9.17, 15) is 14.0 Å². The Labute approximate surface area is 153 Å². The number of ketones is 1. The number of fused-ring (bicyclic) bond motifs is 1. The molecule has 2 aliphatic carbocycles. The van der Waals surface area contributed by atoms with Crippen molar-refractivity contribution in [3.63, 3.8) is 0 Å². The van der Waals surface area contributed by atoms with Gasteiger partial charge in [0.1, 0.15) is 5.82 Å². The van der Waals surface area contributed by atoms with Crippen molar-refractivity contribution in [3.05, 3.63) is 46.9 Å². The van der Waals surface area contributed by atoms with E-state index in [4.69, 9.17) is 5.73 Å². The van der Waals surface area contributed by atoms with Crippen LogP contribution in [0.15, 0.2) is 30.0 Å². The van der Waals surface area contributed by atoms with Gasteiger partial charge < -0.3 is 10.6 Å². The molecule has 26 heavy (non-hydrogen) atoms. The van der Waals surface area contributed by atoms with E-state index in [1.165, 1.54) is 6.07 Å². The normalized spacial score (nSPS) is 29.8. The molecule has 0 bridgehead atoms. The van der Waals surface area contributed by atoms with Crippen molar-refractivity contribution < 1.29 is 14.0 Å². The minimum atomic E-state index is -0.499.